The molecule has 0 spiro atoms. The average Bonchev–Trinajstić information content (AvgIpc) is 2.61. The number of rotatable bonds is 1. The first-order chi connectivity index (χ1) is 9.59. The molecule has 1 aromatic carbocycles. The molecule has 102 valence electrons. The van der Waals surface area contributed by atoms with Crippen molar-refractivity contribution in [3.05, 3.63) is 57.4 Å². The van der Waals surface area contributed by atoms with E-state index < -0.39 is 17.1 Å². The molecule has 0 bridgehead atoms. The summed E-state index contributed by atoms with van der Waals surface area (Å²) in [6.07, 6.45) is 2.31. The van der Waals surface area contributed by atoms with Gasteiger partial charge < -0.3 is 10.3 Å². The minimum atomic E-state index is -1.32. The van der Waals surface area contributed by atoms with Crippen LogP contribution in [0.15, 0.2) is 35.1 Å². The SMILES string of the molecule is O=C(O)c1cc2c(n(O)c1=O)-c1ccccc1CCC2. The molecule has 3 rings (SSSR count). The van der Waals surface area contributed by atoms with Crippen molar-refractivity contribution in [1.29, 1.82) is 0 Å². The highest BCUT2D eigenvalue weighted by molar-refractivity contribution is 5.88. The molecule has 2 aromatic rings. The van der Waals surface area contributed by atoms with Crippen LogP contribution in [0, 0.1) is 0 Å². The van der Waals surface area contributed by atoms with Crippen molar-refractivity contribution in [3.63, 3.8) is 0 Å². The topological polar surface area (TPSA) is 79.5 Å². The van der Waals surface area contributed by atoms with E-state index in [1.165, 1.54) is 6.07 Å². The fraction of sp³-hybridized carbons (Fsp3) is 0.200. The van der Waals surface area contributed by atoms with Crippen LogP contribution in [0.25, 0.3) is 11.3 Å². The van der Waals surface area contributed by atoms with E-state index in [0.29, 0.717) is 22.4 Å². The van der Waals surface area contributed by atoms with Gasteiger partial charge >= 0.3 is 5.97 Å². The summed E-state index contributed by atoms with van der Waals surface area (Å²) >= 11 is 0. The van der Waals surface area contributed by atoms with E-state index in [1.54, 1.807) is 0 Å². The van der Waals surface area contributed by atoms with Crippen molar-refractivity contribution in [2.24, 2.45) is 0 Å². The molecule has 0 saturated heterocycles. The molecule has 0 fully saturated rings. The van der Waals surface area contributed by atoms with E-state index in [4.69, 9.17) is 5.11 Å². The van der Waals surface area contributed by atoms with E-state index in [9.17, 15) is 14.8 Å². The maximum Gasteiger partial charge on any atom is 0.341 e. The maximum atomic E-state index is 11.9. The highest BCUT2D eigenvalue weighted by atomic mass is 16.5. The number of nitrogens with zero attached hydrogens (tertiary/aromatic N) is 1. The van der Waals surface area contributed by atoms with Gasteiger partial charge in [0.05, 0.1) is 5.69 Å². The monoisotopic (exact) mass is 271 g/mol. The quantitative estimate of drug-likeness (QED) is 0.777. The lowest BCUT2D eigenvalue weighted by Gasteiger charge is -2.13. The van der Waals surface area contributed by atoms with Crippen molar-refractivity contribution >= 4 is 5.97 Å². The number of hydrogen-bond acceptors (Lipinski definition) is 3. The molecule has 0 atom stereocenters. The minimum absolute atomic E-state index is 0.398. The Morgan fingerprint density at radius 2 is 1.85 bits per heavy atom. The minimum Gasteiger partial charge on any atom is -0.477 e. The third kappa shape index (κ3) is 1.79. The summed E-state index contributed by atoms with van der Waals surface area (Å²) < 4.78 is 0.475. The number of aromatic nitrogens is 1. The third-order valence-electron chi connectivity index (χ3n) is 3.65. The van der Waals surface area contributed by atoms with Gasteiger partial charge in [-0.1, -0.05) is 24.3 Å². The molecule has 0 amide bonds. The number of fused-ring (bicyclic) bond motifs is 3. The number of benzene rings is 1. The lowest BCUT2D eigenvalue weighted by atomic mass is 10.0. The first kappa shape index (κ1) is 12.5. The van der Waals surface area contributed by atoms with E-state index in [2.05, 4.69) is 0 Å². The van der Waals surface area contributed by atoms with Gasteiger partial charge in [0.25, 0.3) is 5.56 Å². The van der Waals surface area contributed by atoms with E-state index in [0.717, 1.165) is 24.0 Å². The zero-order valence-corrected chi connectivity index (χ0v) is 10.7. The molecular weight excluding hydrogens is 258 g/mol. The predicted octanol–water partition coefficient (Wildman–Crippen LogP) is 1.94. The van der Waals surface area contributed by atoms with Crippen molar-refractivity contribution in [2.45, 2.75) is 19.3 Å². The maximum absolute atomic E-state index is 11.9. The van der Waals surface area contributed by atoms with Crippen molar-refractivity contribution in [1.82, 2.24) is 4.73 Å². The van der Waals surface area contributed by atoms with Crippen LogP contribution in [-0.2, 0) is 12.8 Å². The molecule has 0 unspecified atom stereocenters. The van der Waals surface area contributed by atoms with Gasteiger partial charge in [-0.2, -0.15) is 0 Å². The van der Waals surface area contributed by atoms with Crippen LogP contribution in [0.3, 0.4) is 0 Å². The average molecular weight is 271 g/mol. The van der Waals surface area contributed by atoms with Crippen LogP contribution in [0.5, 0.6) is 0 Å². The Labute approximate surface area is 114 Å². The summed E-state index contributed by atoms with van der Waals surface area (Å²) in [5.41, 5.74) is 1.65. The Kier molecular flexibility index (Phi) is 2.82. The Morgan fingerprint density at radius 3 is 2.60 bits per heavy atom. The van der Waals surface area contributed by atoms with Gasteiger partial charge in [-0.15, -0.1) is 4.73 Å². The Bertz CT molecular complexity index is 761. The van der Waals surface area contributed by atoms with Crippen LogP contribution >= 0.6 is 0 Å². The van der Waals surface area contributed by atoms with Crippen LogP contribution in [0.2, 0.25) is 0 Å². The Balaban J connectivity index is 2.37. The van der Waals surface area contributed by atoms with Gasteiger partial charge in [0, 0.05) is 5.56 Å². The second-order valence-electron chi connectivity index (χ2n) is 4.86. The van der Waals surface area contributed by atoms with Gasteiger partial charge in [-0.25, -0.2) is 4.79 Å². The first-order valence-electron chi connectivity index (χ1n) is 6.39. The van der Waals surface area contributed by atoms with Crippen molar-refractivity contribution in [2.75, 3.05) is 0 Å². The highest BCUT2D eigenvalue weighted by Crippen LogP contribution is 2.31. The van der Waals surface area contributed by atoms with Crippen molar-refractivity contribution in [3.8, 4) is 11.3 Å². The van der Waals surface area contributed by atoms with Gasteiger partial charge in [0.15, 0.2) is 0 Å². The van der Waals surface area contributed by atoms with Gasteiger partial charge in [0.1, 0.15) is 5.56 Å². The molecular formula is C15H13NO4. The molecule has 1 aliphatic carbocycles. The number of aryl methyl sites for hydroxylation is 2. The smallest absolute Gasteiger partial charge is 0.341 e. The van der Waals surface area contributed by atoms with E-state index >= 15 is 0 Å². The molecule has 5 heteroatoms. The first-order valence-corrected chi connectivity index (χ1v) is 6.39. The van der Waals surface area contributed by atoms with Gasteiger partial charge in [-0.3, -0.25) is 4.79 Å². The largest absolute Gasteiger partial charge is 0.477 e. The molecule has 1 heterocycles. The van der Waals surface area contributed by atoms with Crippen LogP contribution in [-0.4, -0.2) is 21.0 Å². The summed E-state index contributed by atoms with van der Waals surface area (Å²) in [6, 6.07) is 8.93. The summed E-state index contributed by atoms with van der Waals surface area (Å²) in [6.45, 7) is 0. The zero-order valence-electron chi connectivity index (χ0n) is 10.7. The van der Waals surface area contributed by atoms with Crippen LogP contribution in [0.1, 0.15) is 27.9 Å². The molecule has 1 aliphatic rings. The Hall–Kier alpha value is -2.56. The molecule has 5 nitrogen and oxygen atoms in total. The zero-order chi connectivity index (χ0) is 14.3. The predicted molar refractivity (Wildman–Crippen MR) is 72.3 cm³/mol. The second-order valence-corrected chi connectivity index (χ2v) is 4.86. The number of pyridine rings is 1. The van der Waals surface area contributed by atoms with Gasteiger partial charge in [-0.05, 0) is 36.5 Å². The summed E-state index contributed by atoms with van der Waals surface area (Å²) in [4.78, 5) is 23.0. The van der Waals surface area contributed by atoms with E-state index in [-0.39, 0.29) is 0 Å². The second kappa shape index (κ2) is 4.52. The Morgan fingerprint density at radius 1 is 1.15 bits per heavy atom. The summed E-state index contributed by atoms with van der Waals surface area (Å²) in [5, 5.41) is 19.1. The standard InChI is InChI=1S/C15H13NO4/c17-14-12(15(18)19)8-10-6-3-5-9-4-1-2-7-11(9)13(10)16(14)20/h1-2,4,7-8,20H,3,5-6H2,(H,18,19). The number of carboxylic acids is 1. The lowest BCUT2D eigenvalue weighted by molar-refractivity contribution is 0.0688. The molecule has 2 N–H and O–H groups in total. The number of hydrogen-bond donors (Lipinski definition) is 2. The summed E-state index contributed by atoms with van der Waals surface area (Å²) in [7, 11) is 0. The molecule has 1 aromatic heterocycles. The molecule has 0 radical (unpaired) electrons. The van der Waals surface area contributed by atoms with Gasteiger partial charge in [0.2, 0.25) is 0 Å². The fourth-order valence-electron chi connectivity index (χ4n) is 2.73. The number of carboxylic acid groups (broad SMARTS) is 1. The lowest BCUT2D eigenvalue weighted by Crippen LogP contribution is -2.27. The molecule has 20 heavy (non-hydrogen) atoms. The van der Waals surface area contributed by atoms with Crippen LogP contribution < -0.4 is 5.56 Å². The number of carbonyl (C=O) groups is 1. The fourth-order valence-corrected chi connectivity index (χ4v) is 2.73. The normalized spacial score (nSPS) is 13.2. The van der Waals surface area contributed by atoms with E-state index in [1.807, 2.05) is 24.3 Å². The molecule has 0 aliphatic heterocycles. The van der Waals surface area contributed by atoms with Crippen LogP contribution in [0.4, 0.5) is 0 Å². The number of aromatic carboxylic acids is 1. The highest BCUT2D eigenvalue weighted by Gasteiger charge is 2.22. The molecule has 0 saturated carbocycles. The van der Waals surface area contributed by atoms with Crippen molar-refractivity contribution < 1.29 is 15.1 Å². The third-order valence-corrected chi connectivity index (χ3v) is 3.65. The summed E-state index contributed by atoms with van der Waals surface area (Å²) in [5.74, 6) is -1.32.